The molecule has 1 amide bonds. The SMILES string of the molecule is COc1cccc(NC(=O)[C@H](C)Oc2ccc(C)c(C)c2)c1. The number of aryl methyl sites for hydroxylation is 2. The fourth-order valence-corrected chi connectivity index (χ4v) is 1.99. The zero-order valence-electron chi connectivity index (χ0n) is 13.3. The van der Waals surface area contributed by atoms with Gasteiger partial charge in [0, 0.05) is 11.8 Å². The van der Waals surface area contributed by atoms with E-state index in [0.29, 0.717) is 17.2 Å². The Hall–Kier alpha value is -2.49. The summed E-state index contributed by atoms with van der Waals surface area (Å²) in [6.07, 6.45) is -0.590. The molecule has 1 N–H and O–H groups in total. The van der Waals surface area contributed by atoms with Gasteiger partial charge in [-0.2, -0.15) is 0 Å². The smallest absolute Gasteiger partial charge is 0.265 e. The summed E-state index contributed by atoms with van der Waals surface area (Å²) in [6.45, 7) is 5.78. The van der Waals surface area contributed by atoms with Crippen LogP contribution in [0.15, 0.2) is 42.5 Å². The van der Waals surface area contributed by atoms with Crippen molar-refractivity contribution < 1.29 is 14.3 Å². The minimum Gasteiger partial charge on any atom is -0.497 e. The Balaban J connectivity index is 2.00. The Morgan fingerprint density at radius 1 is 1.05 bits per heavy atom. The third-order valence-electron chi connectivity index (χ3n) is 3.50. The normalized spacial score (nSPS) is 11.6. The molecule has 22 heavy (non-hydrogen) atoms. The molecule has 0 heterocycles. The van der Waals surface area contributed by atoms with E-state index in [1.165, 1.54) is 5.56 Å². The fourth-order valence-electron chi connectivity index (χ4n) is 1.99. The average Bonchev–Trinajstić information content (AvgIpc) is 2.51. The van der Waals surface area contributed by atoms with Crippen LogP contribution in [0.1, 0.15) is 18.1 Å². The van der Waals surface area contributed by atoms with Crippen LogP contribution in [0.25, 0.3) is 0 Å². The van der Waals surface area contributed by atoms with Gasteiger partial charge in [0.1, 0.15) is 11.5 Å². The first-order valence-electron chi connectivity index (χ1n) is 7.18. The highest BCUT2D eigenvalue weighted by Crippen LogP contribution is 2.19. The highest BCUT2D eigenvalue weighted by molar-refractivity contribution is 5.94. The van der Waals surface area contributed by atoms with Gasteiger partial charge in [0.15, 0.2) is 6.10 Å². The number of methoxy groups -OCH3 is 1. The van der Waals surface area contributed by atoms with Crippen molar-refractivity contribution in [3.63, 3.8) is 0 Å². The summed E-state index contributed by atoms with van der Waals surface area (Å²) in [5, 5.41) is 2.82. The molecule has 0 saturated carbocycles. The quantitative estimate of drug-likeness (QED) is 0.915. The van der Waals surface area contributed by atoms with Gasteiger partial charge in [0.05, 0.1) is 7.11 Å². The van der Waals surface area contributed by atoms with E-state index in [9.17, 15) is 4.79 Å². The van der Waals surface area contributed by atoms with Crippen LogP contribution in [0, 0.1) is 13.8 Å². The Labute approximate surface area is 131 Å². The minimum absolute atomic E-state index is 0.202. The van der Waals surface area contributed by atoms with E-state index in [2.05, 4.69) is 5.32 Å². The maximum Gasteiger partial charge on any atom is 0.265 e. The third kappa shape index (κ3) is 4.01. The molecular formula is C18H21NO3. The van der Waals surface area contributed by atoms with Crippen molar-refractivity contribution in [1.82, 2.24) is 0 Å². The zero-order chi connectivity index (χ0) is 16.1. The van der Waals surface area contributed by atoms with Crippen molar-refractivity contribution in [2.24, 2.45) is 0 Å². The maximum absolute atomic E-state index is 12.2. The summed E-state index contributed by atoms with van der Waals surface area (Å²) in [5.74, 6) is 1.18. The van der Waals surface area contributed by atoms with Gasteiger partial charge in [-0.15, -0.1) is 0 Å². The molecule has 4 heteroatoms. The topological polar surface area (TPSA) is 47.6 Å². The first-order chi connectivity index (χ1) is 10.5. The highest BCUT2D eigenvalue weighted by atomic mass is 16.5. The molecule has 0 aliphatic heterocycles. The van der Waals surface area contributed by atoms with E-state index in [1.807, 2.05) is 50.2 Å². The van der Waals surface area contributed by atoms with Crippen molar-refractivity contribution in [1.29, 1.82) is 0 Å². The maximum atomic E-state index is 12.2. The van der Waals surface area contributed by atoms with E-state index >= 15 is 0 Å². The first-order valence-corrected chi connectivity index (χ1v) is 7.18. The predicted molar refractivity (Wildman–Crippen MR) is 87.6 cm³/mol. The molecule has 0 bridgehead atoms. The van der Waals surface area contributed by atoms with Gasteiger partial charge in [0.25, 0.3) is 5.91 Å². The second kappa shape index (κ2) is 6.98. The largest absolute Gasteiger partial charge is 0.497 e. The summed E-state index contributed by atoms with van der Waals surface area (Å²) >= 11 is 0. The number of amides is 1. The standard InChI is InChI=1S/C18H21NO3/c1-12-8-9-17(10-13(12)2)22-14(3)18(20)19-15-6-5-7-16(11-15)21-4/h5-11,14H,1-4H3,(H,19,20)/t14-/m0/s1. The third-order valence-corrected chi connectivity index (χ3v) is 3.50. The molecule has 0 saturated heterocycles. The summed E-state index contributed by atoms with van der Waals surface area (Å²) in [4.78, 5) is 12.2. The average molecular weight is 299 g/mol. The Morgan fingerprint density at radius 3 is 2.50 bits per heavy atom. The van der Waals surface area contributed by atoms with Gasteiger partial charge in [0.2, 0.25) is 0 Å². The second-order valence-corrected chi connectivity index (χ2v) is 5.23. The number of rotatable bonds is 5. The van der Waals surface area contributed by atoms with Crippen LogP contribution >= 0.6 is 0 Å². The number of nitrogens with one attached hydrogen (secondary N) is 1. The lowest BCUT2D eigenvalue weighted by Crippen LogP contribution is -2.30. The van der Waals surface area contributed by atoms with Crippen LogP contribution in [0.2, 0.25) is 0 Å². The number of anilines is 1. The van der Waals surface area contributed by atoms with Crippen molar-refractivity contribution >= 4 is 11.6 Å². The van der Waals surface area contributed by atoms with E-state index in [1.54, 1.807) is 20.1 Å². The van der Waals surface area contributed by atoms with Gasteiger partial charge in [-0.1, -0.05) is 12.1 Å². The molecular weight excluding hydrogens is 278 g/mol. The molecule has 0 radical (unpaired) electrons. The molecule has 1 atom stereocenters. The van der Waals surface area contributed by atoms with Gasteiger partial charge in [-0.3, -0.25) is 4.79 Å². The Bertz CT molecular complexity index is 667. The van der Waals surface area contributed by atoms with E-state index in [4.69, 9.17) is 9.47 Å². The van der Waals surface area contributed by atoms with E-state index in [0.717, 1.165) is 5.56 Å². The van der Waals surface area contributed by atoms with Crippen LogP contribution in [-0.2, 0) is 4.79 Å². The molecule has 0 fully saturated rings. The molecule has 0 aliphatic carbocycles. The summed E-state index contributed by atoms with van der Waals surface area (Å²) in [6, 6.07) is 13.0. The highest BCUT2D eigenvalue weighted by Gasteiger charge is 2.15. The first kappa shape index (κ1) is 15.9. The predicted octanol–water partition coefficient (Wildman–Crippen LogP) is 3.72. The van der Waals surface area contributed by atoms with Crippen LogP contribution in [0.4, 0.5) is 5.69 Å². The van der Waals surface area contributed by atoms with Crippen LogP contribution in [-0.4, -0.2) is 19.1 Å². The molecule has 116 valence electrons. The van der Waals surface area contributed by atoms with Crippen molar-refractivity contribution in [2.75, 3.05) is 12.4 Å². The molecule has 0 aromatic heterocycles. The molecule has 0 unspecified atom stereocenters. The second-order valence-electron chi connectivity index (χ2n) is 5.23. The lowest BCUT2D eigenvalue weighted by molar-refractivity contribution is -0.122. The molecule has 4 nitrogen and oxygen atoms in total. The molecule has 2 aromatic carbocycles. The van der Waals surface area contributed by atoms with Gasteiger partial charge < -0.3 is 14.8 Å². The van der Waals surface area contributed by atoms with E-state index < -0.39 is 6.10 Å². The number of ether oxygens (including phenoxy) is 2. The van der Waals surface area contributed by atoms with Gasteiger partial charge in [-0.05, 0) is 56.2 Å². The monoisotopic (exact) mass is 299 g/mol. The van der Waals surface area contributed by atoms with Crippen LogP contribution in [0.3, 0.4) is 0 Å². The van der Waals surface area contributed by atoms with Crippen molar-refractivity contribution in [2.45, 2.75) is 26.9 Å². The van der Waals surface area contributed by atoms with Crippen molar-refractivity contribution in [3.8, 4) is 11.5 Å². The Morgan fingerprint density at radius 2 is 1.82 bits per heavy atom. The molecule has 2 aromatic rings. The summed E-state index contributed by atoms with van der Waals surface area (Å²) in [5.41, 5.74) is 3.01. The fraction of sp³-hybridized carbons (Fsp3) is 0.278. The summed E-state index contributed by atoms with van der Waals surface area (Å²) < 4.78 is 10.8. The lowest BCUT2D eigenvalue weighted by Gasteiger charge is -2.16. The van der Waals surface area contributed by atoms with Gasteiger partial charge in [-0.25, -0.2) is 0 Å². The zero-order valence-corrected chi connectivity index (χ0v) is 13.3. The molecule has 2 rings (SSSR count). The summed E-state index contributed by atoms with van der Waals surface area (Å²) in [7, 11) is 1.59. The molecule has 0 aliphatic rings. The number of benzene rings is 2. The minimum atomic E-state index is -0.590. The van der Waals surface area contributed by atoms with E-state index in [-0.39, 0.29) is 5.91 Å². The van der Waals surface area contributed by atoms with Crippen LogP contribution < -0.4 is 14.8 Å². The molecule has 0 spiro atoms. The lowest BCUT2D eigenvalue weighted by atomic mass is 10.1. The Kier molecular flexibility index (Phi) is 5.04. The number of carbonyl (C=O) groups excluding carboxylic acids is 1. The number of carbonyl (C=O) groups is 1. The van der Waals surface area contributed by atoms with Crippen molar-refractivity contribution in [3.05, 3.63) is 53.6 Å². The van der Waals surface area contributed by atoms with Crippen LogP contribution in [0.5, 0.6) is 11.5 Å². The number of hydrogen-bond acceptors (Lipinski definition) is 3. The number of hydrogen-bond donors (Lipinski definition) is 1. The van der Waals surface area contributed by atoms with Gasteiger partial charge >= 0.3 is 0 Å².